The molecule has 0 unspecified atom stereocenters. The monoisotopic (exact) mass is 364 g/mol. The van der Waals surface area contributed by atoms with E-state index in [1.54, 1.807) is 6.92 Å². The molecule has 0 aliphatic carbocycles. The summed E-state index contributed by atoms with van der Waals surface area (Å²) in [7, 11) is -4.52. The fourth-order valence-electron chi connectivity index (χ4n) is 2.60. The van der Waals surface area contributed by atoms with Gasteiger partial charge in [0.25, 0.3) is 0 Å². The number of hydrogen-bond donors (Lipinski definition) is 1. The standard InChI is InChI=1S/C17H14F2N2O3S/c1-9-3-5-11(6-4-9)16-15(10(2)24-21-16)12-7-13(18)17(14(19)8-12)25(20,22)23/h3-8H,1-2H3,(H2,20,22,23). The Labute approximate surface area is 143 Å². The molecule has 130 valence electrons. The Kier molecular flexibility index (Phi) is 4.18. The summed E-state index contributed by atoms with van der Waals surface area (Å²) in [5.74, 6) is -2.20. The smallest absolute Gasteiger partial charge is 0.243 e. The average molecular weight is 364 g/mol. The van der Waals surface area contributed by atoms with E-state index in [4.69, 9.17) is 9.66 Å². The molecule has 3 aromatic rings. The first-order chi connectivity index (χ1) is 11.7. The summed E-state index contributed by atoms with van der Waals surface area (Å²) in [6, 6.07) is 9.16. The van der Waals surface area contributed by atoms with E-state index in [0.29, 0.717) is 22.6 Å². The predicted molar refractivity (Wildman–Crippen MR) is 88.1 cm³/mol. The van der Waals surface area contributed by atoms with Crippen molar-refractivity contribution in [3.05, 3.63) is 59.4 Å². The maximum absolute atomic E-state index is 14.2. The maximum Gasteiger partial charge on any atom is 0.243 e. The molecule has 0 saturated heterocycles. The molecule has 0 aliphatic rings. The van der Waals surface area contributed by atoms with E-state index < -0.39 is 26.6 Å². The van der Waals surface area contributed by atoms with Gasteiger partial charge in [0, 0.05) is 5.56 Å². The summed E-state index contributed by atoms with van der Waals surface area (Å²) >= 11 is 0. The third-order valence-electron chi connectivity index (χ3n) is 3.76. The van der Waals surface area contributed by atoms with E-state index in [1.165, 1.54) is 0 Å². The number of primary sulfonamides is 1. The number of aromatic nitrogens is 1. The van der Waals surface area contributed by atoms with E-state index in [2.05, 4.69) is 5.16 Å². The second-order valence-electron chi connectivity index (χ2n) is 5.64. The van der Waals surface area contributed by atoms with Crippen LogP contribution in [-0.2, 0) is 10.0 Å². The average Bonchev–Trinajstić information content (AvgIpc) is 2.87. The molecule has 5 nitrogen and oxygen atoms in total. The first kappa shape index (κ1) is 17.2. The summed E-state index contributed by atoms with van der Waals surface area (Å²) < 4.78 is 56.2. The summed E-state index contributed by atoms with van der Waals surface area (Å²) in [6.07, 6.45) is 0. The zero-order chi connectivity index (χ0) is 18.4. The van der Waals surface area contributed by atoms with Crippen LogP contribution in [0.5, 0.6) is 0 Å². The van der Waals surface area contributed by atoms with Crippen molar-refractivity contribution in [1.82, 2.24) is 5.16 Å². The summed E-state index contributed by atoms with van der Waals surface area (Å²) in [4.78, 5) is -1.16. The van der Waals surface area contributed by atoms with Gasteiger partial charge in [-0.3, -0.25) is 0 Å². The Morgan fingerprint density at radius 1 is 1.00 bits per heavy atom. The number of rotatable bonds is 3. The summed E-state index contributed by atoms with van der Waals surface area (Å²) in [6.45, 7) is 3.53. The number of sulfonamides is 1. The van der Waals surface area contributed by atoms with Crippen LogP contribution >= 0.6 is 0 Å². The van der Waals surface area contributed by atoms with Crippen molar-refractivity contribution in [1.29, 1.82) is 0 Å². The van der Waals surface area contributed by atoms with Crippen LogP contribution < -0.4 is 5.14 Å². The Hall–Kier alpha value is -2.58. The second kappa shape index (κ2) is 6.05. The van der Waals surface area contributed by atoms with Gasteiger partial charge in [-0.05, 0) is 31.5 Å². The van der Waals surface area contributed by atoms with Gasteiger partial charge in [-0.1, -0.05) is 35.0 Å². The van der Waals surface area contributed by atoms with E-state index in [0.717, 1.165) is 17.7 Å². The molecule has 25 heavy (non-hydrogen) atoms. The van der Waals surface area contributed by atoms with Crippen molar-refractivity contribution in [2.24, 2.45) is 5.14 Å². The second-order valence-corrected chi connectivity index (χ2v) is 7.14. The van der Waals surface area contributed by atoms with E-state index >= 15 is 0 Å². The van der Waals surface area contributed by atoms with Gasteiger partial charge in [0.2, 0.25) is 10.0 Å². The quantitative estimate of drug-likeness (QED) is 0.770. The molecule has 0 atom stereocenters. The SMILES string of the molecule is Cc1ccc(-c2noc(C)c2-c2cc(F)c(S(N)(=O)=O)c(F)c2)cc1. The fraction of sp³-hybridized carbons (Fsp3) is 0.118. The highest BCUT2D eigenvalue weighted by atomic mass is 32.2. The molecule has 0 fully saturated rings. The lowest BCUT2D eigenvalue weighted by Gasteiger charge is -2.08. The van der Waals surface area contributed by atoms with Crippen LogP contribution in [0.3, 0.4) is 0 Å². The molecule has 2 N–H and O–H groups in total. The molecule has 2 aromatic carbocycles. The van der Waals surface area contributed by atoms with Crippen LogP contribution in [0.2, 0.25) is 0 Å². The highest BCUT2D eigenvalue weighted by molar-refractivity contribution is 7.89. The van der Waals surface area contributed by atoms with Crippen molar-refractivity contribution in [2.45, 2.75) is 18.7 Å². The Morgan fingerprint density at radius 2 is 1.56 bits per heavy atom. The number of halogens is 2. The van der Waals surface area contributed by atoms with Crippen molar-refractivity contribution in [2.75, 3.05) is 0 Å². The molecule has 1 aromatic heterocycles. The van der Waals surface area contributed by atoms with Crippen LogP contribution in [0.1, 0.15) is 11.3 Å². The number of nitrogens with two attached hydrogens (primary N) is 1. The Bertz CT molecular complexity index is 1030. The van der Waals surface area contributed by atoms with Gasteiger partial charge in [0.05, 0.1) is 5.56 Å². The van der Waals surface area contributed by atoms with Crippen molar-refractivity contribution < 1.29 is 21.7 Å². The number of benzene rings is 2. The highest BCUT2D eigenvalue weighted by Gasteiger charge is 2.24. The zero-order valence-electron chi connectivity index (χ0n) is 13.4. The fourth-order valence-corrected chi connectivity index (χ4v) is 3.26. The van der Waals surface area contributed by atoms with Gasteiger partial charge < -0.3 is 4.52 Å². The zero-order valence-corrected chi connectivity index (χ0v) is 14.2. The molecule has 8 heteroatoms. The molecule has 1 heterocycles. The lowest BCUT2D eigenvalue weighted by atomic mass is 9.98. The van der Waals surface area contributed by atoms with Gasteiger partial charge in [-0.2, -0.15) is 0 Å². The normalized spacial score (nSPS) is 11.7. The predicted octanol–water partition coefficient (Wildman–Crippen LogP) is 3.55. The van der Waals surface area contributed by atoms with Gasteiger partial charge in [0.15, 0.2) is 4.90 Å². The van der Waals surface area contributed by atoms with Crippen molar-refractivity contribution >= 4 is 10.0 Å². The number of nitrogens with zero attached hydrogens (tertiary/aromatic N) is 1. The van der Waals surface area contributed by atoms with E-state index in [1.807, 2.05) is 31.2 Å². The maximum atomic E-state index is 14.2. The van der Waals surface area contributed by atoms with Crippen molar-refractivity contribution in [3.8, 4) is 22.4 Å². The lowest BCUT2D eigenvalue weighted by Crippen LogP contribution is -2.16. The number of hydrogen-bond acceptors (Lipinski definition) is 4. The minimum Gasteiger partial charge on any atom is -0.360 e. The Morgan fingerprint density at radius 3 is 2.08 bits per heavy atom. The highest BCUT2D eigenvalue weighted by Crippen LogP contribution is 2.36. The van der Waals surface area contributed by atoms with Crippen LogP contribution in [0, 0.1) is 25.5 Å². The first-order valence-corrected chi connectivity index (χ1v) is 8.78. The molecule has 3 rings (SSSR count). The molecule has 0 bridgehead atoms. The first-order valence-electron chi connectivity index (χ1n) is 7.24. The van der Waals surface area contributed by atoms with Gasteiger partial charge in [-0.15, -0.1) is 0 Å². The van der Waals surface area contributed by atoms with Crippen LogP contribution in [0.4, 0.5) is 8.78 Å². The van der Waals surface area contributed by atoms with Gasteiger partial charge >= 0.3 is 0 Å². The molecule has 0 aliphatic heterocycles. The molecule has 0 radical (unpaired) electrons. The molecule has 0 saturated carbocycles. The minimum atomic E-state index is -4.52. The third-order valence-corrected chi connectivity index (χ3v) is 4.72. The summed E-state index contributed by atoms with van der Waals surface area (Å²) in [5.41, 5.74) is 2.63. The lowest BCUT2D eigenvalue weighted by molar-refractivity contribution is 0.400. The van der Waals surface area contributed by atoms with Crippen LogP contribution in [0.25, 0.3) is 22.4 Å². The molecule has 0 spiro atoms. The van der Waals surface area contributed by atoms with Crippen molar-refractivity contribution in [3.63, 3.8) is 0 Å². The van der Waals surface area contributed by atoms with Crippen LogP contribution in [-0.4, -0.2) is 13.6 Å². The topological polar surface area (TPSA) is 86.2 Å². The molecular formula is C17H14F2N2O3S. The van der Waals surface area contributed by atoms with E-state index in [-0.39, 0.29) is 5.56 Å². The van der Waals surface area contributed by atoms with Crippen LogP contribution in [0.15, 0.2) is 45.8 Å². The minimum absolute atomic E-state index is 0.108. The van der Waals surface area contributed by atoms with E-state index in [9.17, 15) is 17.2 Å². The Balaban J connectivity index is 2.22. The summed E-state index contributed by atoms with van der Waals surface area (Å²) in [5, 5.41) is 8.81. The molecule has 0 amide bonds. The van der Waals surface area contributed by atoms with Gasteiger partial charge in [0.1, 0.15) is 23.1 Å². The molecular weight excluding hydrogens is 350 g/mol. The third kappa shape index (κ3) is 3.18. The van der Waals surface area contributed by atoms with Gasteiger partial charge in [-0.25, -0.2) is 22.3 Å². The largest absolute Gasteiger partial charge is 0.360 e. The number of aryl methyl sites for hydroxylation is 2.